The number of rotatable bonds is 4. The van der Waals surface area contributed by atoms with E-state index < -0.39 is 22.5 Å². The number of carbonyl (C=O) groups is 1. The Kier molecular flexibility index (Phi) is 4.57. The Bertz CT molecular complexity index is 1060. The minimum Gasteiger partial charge on any atom is -0.480 e. The summed E-state index contributed by atoms with van der Waals surface area (Å²) in [6.07, 6.45) is -0.706. The summed E-state index contributed by atoms with van der Waals surface area (Å²) in [5, 5.41) is 10.4. The Morgan fingerprint density at radius 3 is 2.46 bits per heavy atom. The molecule has 0 spiro atoms. The lowest BCUT2D eigenvalue weighted by Crippen LogP contribution is -2.41. The summed E-state index contributed by atoms with van der Waals surface area (Å²) in [6, 6.07) is 12.2. The van der Waals surface area contributed by atoms with Crippen LogP contribution in [0.3, 0.4) is 0 Å². The summed E-state index contributed by atoms with van der Waals surface area (Å²) < 4.78 is 38.3. The maximum atomic E-state index is 13.0. The molecule has 1 heterocycles. The zero-order chi connectivity index (χ0) is 19.9. The van der Waals surface area contributed by atoms with Crippen molar-refractivity contribution >= 4 is 28.6 Å². The van der Waals surface area contributed by atoms with E-state index in [1.165, 1.54) is 17.8 Å². The molecule has 28 heavy (non-hydrogen) atoms. The van der Waals surface area contributed by atoms with E-state index in [0.29, 0.717) is 29.5 Å². The van der Waals surface area contributed by atoms with Gasteiger partial charge in [-0.05, 0) is 60.7 Å². The summed E-state index contributed by atoms with van der Waals surface area (Å²) in [6.45, 7) is 0. The third-order valence-electron chi connectivity index (χ3n) is 5.08. The molecule has 1 aliphatic rings. The predicted molar refractivity (Wildman–Crippen MR) is 102 cm³/mol. The van der Waals surface area contributed by atoms with Gasteiger partial charge in [-0.1, -0.05) is 18.2 Å². The van der Waals surface area contributed by atoms with Crippen molar-refractivity contribution in [2.75, 3.05) is 0 Å². The molecule has 7 heteroatoms. The number of carboxylic acids is 1. The SMILES string of the molecule is O=C(O)C1(Sc2ccnc3ccc(-c4cccc(C(F)(F)F)c4)cc23)CCC1. The van der Waals surface area contributed by atoms with Crippen molar-refractivity contribution in [2.45, 2.75) is 35.1 Å². The van der Waals surface area contributed by atoms with Crippen LogP contribution in [0.1, 0.15) is 24.8 Å². The lowest BCUT2D eigenvalue weighted by atomic mass is 9.84. The molecule has 0 saturated heterocycles. The Morgan fingerprint density at radius 1 is 1.07 bits per heavy atom. The molecule has 1 fully saturated rings. The number of alkyl halides is 3. The van der Waals surface area contributed by atoms with Crippen LogP contribution in [-0.2, 0) is 11.0 Å². The van der Waals surface area contributed by atoms with Gasteiger partial charge in [0, 0.05) is 16.5 Å². The molecule has 3 aromatic rings. The van der Waals surface area contributed by atoms with Gasteiger partial charge in [0.05, 0.1) is 11.1 Å². The van der Waals surface area contributed by atoms with Gasteiger partial charge in [-0.25, -0.2) is 0 Å². The minimum atomic E-state index is -4.41. The second kappa shape index (κ2) is 6.81. The zero-order valence-corrected chi connectivity index (χ0v) is 15.5. The van der Waals surface area contributed by atoms with Gasteiger partial charge in [-0.3, -0.25) is 9.78 Å². The van der Waals surface area contributed by atoms with Crippen molar-refractivity contribution in [3.05, 3.63) is 60.3 Å². The number of fused-ring (bicyclic) bond motifs is 1. The molecule has 1 saturated carbocycles. The van der Waals surface area contributed by atoms with E-state index in [1.807, 2.05) is 0 Å². The highest BCUT2D eigenvalue weighted by molar-refractivity contribution is 8.01. The fourth-order valence-electron chi connectivity index (χ4n) is 3.33. The van der Waals surface area contributed by atoms with Crippen LogP contribution in [-0.4, -0.2) is 20.8 Å². The summed E-state index contributed by atoms with van der Waals surface area (Å²) in [4.78, 5) is 16.8. The predicted octanol–water partition coefficient (Wildman–Crippen LogP) is 6.02. The zero-order valence-electron chi connectivity index (χ0n) is 14.7. The lowest BCUT2D eigenvalue weighted by molar-refractivity contribution is -0.142. The van der Waals surface area contributed by atoms with Gasteiger partial charge in [0.2, 0.25) is 0 Å². The number of hydrogen-bond acceptors (Lipinski definition) is 3. The number of thioether (sulfide) groups is 1. The average Bonchev–Trinajstić information content (AvgIpc) is 2.63. The van der Waals surface area contributed by atoms with Crippen molar-refractivity contribution in [1.82, 2.24) is 4.98 Å². The molecule has 0 unspecified atom stereocenters. The monoisotopic (exact) mass is 403 g/mol. The van der Waals surface area contributed by atoms with Crippen LogP contribution in [0.15, 0.2) is 59.6 Å². The van der Waals surface area contributed by atoms with Crippen LogP contribution in [0.4, 0.5) is 13.2 Å². The van der Waals surface area contributed by atoms with Crippen molar-refractivity contribution in [2.24, 2.45) is 0 Å². The number of hydrogen-bond donors (Lipinski definition) is 1. The second-order valence-electron chi connectivity index (χ2n) is 6.87. The summed E-state index contributed by atoms with van der Waals surface area (Å²) in [5.41, 5.74) is 1.06. The molecule has 4 rings (SSSR count). The first-order chi connectivity index (χ1) is 13.3. The van der Waals surface area contributed by atoms with Gasteiger partial charge in [0.25, 0.3) is 0 Å². The Hall–Kier alpha value is -2.54. The standard InChI is InChI=1S/C21H16F3NO2S/c22-21(23,24)15-4-1-3-13(11-15)14-5-6-17-16(12-14)18(7-10-25-17)28-20(19(26)27)8-2-9-20/h1,3-7,10-12H,2,8-9H2,(H,26,27). The Labute approximate surface area is 163 Å². The van der Waals surface area contributed by atoms with E-state index in [9.17, 15) is 23.1 Å². The van der Waals surface area contributed by atoms with Crippen molar-refractivity contribution in [3.8, 4) is 11.1 Å². The quantitative estimate of drug-likeness (QED) is 0.579. The topological polar surface area (TPSA) is 50.2 Å². The van der Waals surface area contributed by atoms with E-state index in [1.54, 1.807) is 36.5 Å². The van der Waals surface area contributed by atoms with Crippen molar-refractivity contribution in [1.29, 1.82) is 0 Å². The third kappa shape index (κ3) is 3.35. The van der Waals surface area contributed by atoms with Gasteiger partial charge in [-0.2, -0.15) is 13.2 Å². The first-order valence-corrected chi connectivity index (χ1v) is 9.59. The largest absolute Gasteiger partial charge is 0.480 e. The molecule has 0 bridgehead atoms. The van der Waals surface area contributed by atoms with Gasteiger partial charge in [0.15, 0.2) is 0 Å². The maximum absolute atomic E-state index is 13.0. The highest BCUT2D eigenvalue weighted by Gasteiger charge is 2.45. The molecule has 0 atom stereocenters. The molecule has 3 nitrogen and oxygen atoms in total. The summed E-state index contributed by atoms with van der Waals surface area (Å²) in [7, 11) is 0. The molecule has 0 amide bonds. The summed E-state index contributed by atoms with van der Waals surface area (Å²) in [5.74, 6) is -0.831. The van der Waals surface area contributed by atoms with Crippen LogP contribution < -0.4 is 0 Å². The number of aromatic nitrogens is 1. The average molecular weight is 403 g/mol. The van der Waals surface area contributed by atoms with Gasteiger partial charge in [0.1, 0.15) is 4.75 Å². The normalized spacial score (nSPS) is 16.0. The van der Waals surface area contributed by atoms with E-state index in [2.05, 4.69) is 4.98 Å². The molecule has 2 aromatic carbocycles. The number of pyridine rings is 1. The second-order valence-corrected chi connectivity index (χ2v) is 8.30. The summed E-state index contributed by atoms with van der Waals surface area (Å²) >= 11 is 1.31. The molecule has 1 aromatic heterocycles. The third-order valence-corrected chi connectivity index (χ3v) is 6.63. The number of carboxylic acid groups (broad SMARTS) is 1. The number of halogens is 3. The molecular weight excluding hydrogens is 387 g/mol. The van der Waals surface area contributed by atoms with E-state index in [-0.39, 0.29) is 0 Å². The molecule has 1 aliphatic carbocycles. The van der Waals surface area contributed by atoms with Gasteiger partial charge >= 0.3 is 12.1 Å². The highest BCUT2D eigenvalue weighted by atomic mass is 32.2. The smallest absolute Gasteiger partial charge is 0.416 e. The first-order valence-electron chi connectivity index (χ1n) is 8.77. The van der Waals surface area contributed by atoms with Gasteiger partial charge < -0.3 is 5.11 Å². The fourth-order valence-corrected chi connectivity index (χ4v) is 4.74. The lowest BCUT2D eigenvalue weighted by Gasteiger charge is -2.37. The molecule has 1 N–H and O–H groups in total. The Morgan fingerprint density at radius 2 is 1.82 bits per heavy atom. The van der Waals surface area contributed by atoms with Crippen molar-refractivity contribution in [3.63, 3.8) is 0 Å². The fraction of sp³-hybridized carbons (Fsp3) is 0.238. The van der Waals surface area contributed by atoms with Crippen LogP contribution in [0.2, 0.25) is 0 Å². The molecular formula is C21H16F3NO2S. The van der Waals surface area contributed by atoms with Crippen molar-refractivity contribution < 1.29 is 23.1 Å². The first kappa shape index (κ1) is 18.8. The number of nitrogens with zero attached hydrogens (tertiary/aromatic N) is 1. The van der Waals surface area contributed by atoms with Crippen LogP contribution >= 0.6 is 11.8 Å². The maximum Gasteiger partial charge on any atom is 0.416 e. The molecule has 0 radical (unpaired) electrons. The van der Waals surface area contributed by atoms with Crippen LogP contribution in [0, 0.1) is 0 Å². The van der Waals surface area contributed by atoms with E-state index >= 15 is 0 Å². The Balaban J connectivity index is 1.78. The van der Waals surface area contributed by atoms with E-state index in [4.69, 9.17) is 0 Å². The molecule has 144 valence electrons. The molecule has 0 aliphatic heterocycles. The number of benzene rings is 2. The van der Waals surface area contributed by atoms with E-state index in [0.717, 1.165) is 28.8 Å². The number of aliphatic carboxylic acids is 1. The minimum absolute atomic E-state index is 0.452. The van der Waals surface area contributed by atoms with Crippen LogP contribution in [0.5, 0.6) is 0 Å². The van der Waals surface area contributed by atoms with Gasteiger partial charge in [-0.15, -0.1) is 11.8 Å². The van der Waals surface area contributed by atoms with Crippen LogP contribution in [0.25, 0.3) is 22.0 Å². The highest BCUT2D eigenvalue weighted by Crippen LogP contribution is 2.49.